The third-order valence-corrected chi connectivity index (χ3v) is 15.0. The minimum atomic E-state index is -0.517. The zero-order chi connectivity index (χ0) is 17.9. The van der Waals surface area contributed by atoms with Crippen LogP contribution in [-0.4, -0.2) is 12.3 Å². The number of fused-ring (bicyclic) bond motifs is 2. The van der Waals surface area contributed by atoms with E-state index >= 15 is 0 Å². The largest absolute Gasteiger partial charge is 1.00 e. The van der Waals surface area contributed by atoms with E-state index in [1.165, 1.54) is 38.0 Å². The van der Waals surface area contributed by atoms with Crippen LogP contribution in [0.3, 0.4) is 0 Å². The summed E-state index contributed by atoms with van der Waals surface area (Å²) >= 11 is -0.517. The molecule has 0 N–H and O–H groups in total. The summed E-state index contributed by atoms with van der Waals surface area (Å²) < 4.78 is 1.89. The molecular formula is C24H31Cl2PZr. The van der Waals surface area contributed by atoms with Gasteiger partial charge in [-0.05, 0) is 0 Å². The van der Waals surface area contributed by atoms with Crippen LogP contribution in [0.5, 0.6) is 0 Å². The molecule has 150 valence electrons. The number of benzene rings is 1. The number of rotatable bonds is 7. The Kier molecular flexibility index (Phi) is 10.2. The first-order chi connectivity index (χ1) is 12.8. The first-order valence-corrected chi connectivity index (χ1v) is 15.0. The van der Waals surface area contributed by atoms with E-state index in [-0.39, 0.29) is 32.7 Å². The van der Waals surface area contributed by atoms with Gasteiger partial charge in [-0.25, -0.2) is 0 Å². The Morgan fingerprint density at radius 2 is 1.68 bits per heavy atom. The molecule has 0 aromatic heterocycles. The molecule has 4 atom stereocenters. The molecule has 0 radical (unpaired) electrons. The van der Waals surface area contributed by atoms with Crippen LogP contribution in [0, 0.1) is 11.8 Å². The second-order valence-corrected chi connectivity index (χ2v) is 14.5. The zero-order valence-corrected chi connectivity index (χ0v) is 21.8. The third kappa shape index (κ3) is 5.14. The van der Waals surface area contributed by atoms with Crippen molar-refractivity contribution in [3.05, 3.63) is 65.0 Å². The molecule has 0 heterocycles. The van der Waals surface area contributed by atoms with Gasteiger partial charge in [0.2, 0.25) is 0 Å². The predicted molar refractivity (Wildman–Crippen MR) is 113 cm³/mol. The molecule has 0 nitrogen and oxygen atoms in total. The van der Waals surface area contributed by atoms with Crippen LogP contribution in [0.2, 0.25) is 3.63 Å². The van der Waals surface area contributed by atoms with E-state index in [0.29, 0.717) is 0 Å². The van der Waals surface area contributed by atoms with E-state index in [1.807, 2.05) is 5.31 Å². The summed E-state index contributed by atoms with van der Waals surface area (Å²) in [6.07, 6.45) is 20.8. The van der Waals surface area contributed by atoms with Crippen LogP contribution in [0.15, 0.2) is 53.9 Å². The number of halogens is 2. The van der Waals surface area contributed by atoms with E-state index in [4.69, 9.17) is 0 Å². The van der Waals surface area contributed by atoms with Crippen LogP contribution in [-0.2, 0) is 23.2 Å². The Morgan fingerprint density at radius 3 is 2.43 bits per heavy atom. The van der Waals surface area contributed by atoms with Gasteiger partial charge in [0, 0.05) is 0 Å². The molecule has 0 saturated heterocycles. The van der Waals surface area contributed by atoms with Gasteiger partial charge in [0.1, 0.15) is 0 Å². The van der Waals surface area contributed by atoms with Gasteiger partial charge in [-0.15, -0.1) is 0 Å². The average molecular weight is 513 g/mol. The summed E-state index contributed by atoms with van der Waals surface area (Å²) in [6.45, 7) is 4.76. The van der Waals surface area contributed by atoms with Gasteiger partial charge >= 0.3 is 173 Å². The molecule has 0 bridgehead atoms. The quantitative estimate of drug-likeness (QED) is 0.485. The van der Waals surface area contributed by atoms with Gasteiger partial charge in [-0.3, -0.25) is 0 Å². The summed E-state index contributed by atoms with van der Waals surface area (Å²) in [6, 6.07) is 9.35. The molecule has 3 aliphatic rings. The molecule has 28 heavy (non-hydrogen) atoms. The van der Waals surface area contributed by atoms with E-state index in [9.17, 15) is 0 Å². The maximum atomic E-state index is 2.64. The Labute approximate surface area is 196 Å². The van der Waals surface area contributed by atoms with Crippen LogP contribution in [0.1, 0.15) is 54.3 Å². The third-order valence-electron chi connectivity index (χ3n) is 6.21. The standard InChI is InChI=1S/C15H20P.C9H11.2ClH.Zr/c1-3-9-16(10-4-2)15-11-13-7-5-6-8-14(13)12-15;1-2-5-9-7-3-6-8(9)4-1;;;/h5-8,11-12H,3-4,9-10H2,1-2H3;1-2,4-6,8-9H,3,7H2;2*1H;/q;;;;+2/p-2. The summed E-state index contributed by atoms with van der Waals surface area (Å²) in [7, 11) is 0.0845. The fraction of sp³-hybridized carbons (Fsp3) is 0.500. The maximum absolute atomic E-state index is 2.64. The van der Waals surface area contributed by atoms with Crippen LogP contribution in [0.4, 0.5) is 0 Å². The van der Waals surface area contributed by atoms with Crippen molar-refractivity contribution >= 4 is 14.0 Å². The topological polar surface area (TPSA) is 0 Å². The second-order valence-electron chi connectivity index (χ2n) is 7.98. The van der Waals surface area contributed by atoms with Crippen molar-refractivity contribution in [2.45, 2.75) is 46.8 Å². The van der Waals surface area contributed by atoms with Gasteiger partial charge in [0.05, 0.1) is 0 Å². The molecule has 1 saturated carbocycles. The number of hydrogen-bond acceptors (Lipinski definition) is 0. The Morgan fingerprint density at radius 1 is 0.964 bits per heavy atom. The summed E-state index contributed by atoms with van der Waals surface area (Å²) in [5, 5.41) is 1.90. The Hall–Kier alpha value is 0.333. The normalized spacial score (nSPS) is 26.8. The van der Waals surface area contributed by atoms with Crippen molar-refractivity contribution in [2.24, 2.45) is 11.8 Å². The van der Waals surface area contributed by atoms with Gasteiger partial charge < -0.3 is 24.8 Å². The molecule has 4 unspecified atom stereocenters. The molecule has 0 aliphatic heterocycles. The summed E-state index contributed by atoms with van der Waals surface area (Å²) in [4.78, 5) is 0. The van der Waals surface area contributed by atoms with E-state index in [0.717, 1.165) is 19.1 Å². The number of allylic oxidation sites excluding steroid dienone is 5. The predicted octanol–water partition coefficient (Wildman–Crippen LogP) is 1.42. The molecule has 1 aromatic rings. The maximum Gasteiger partial charge on any atom is -1.00 e. The fourth-order valence-corrected chi connectivity index (χ4v) is 14.5. The zero-order valence-electron chi connectivity index (χ0n) is 17.0. The van der Waals surface area contributed by atoms with Crippen molar-refractivity contribution in [1.29, 1.82) is 0 Å². The van der Waals surface area contributed by atoms with Crippen LogP contribution >= 0.6 is 7.92 Å². The van der Waals surface area contributed by atoms with Crippen molar-refractivity contribution in [2.75, 3.05) is 12.3 Å². The molecule has 1 fully saturated rings. The molecule has 4 rings (SSSR count). The minimum absolute atomic E-state index is 0. The Balaban J connectivity index is 0.00000140. The first kappa shape index (κ1) is 24.6. The Bertz CT molecular complexity index is 721. The monoisotopic (exact) mass is 510 g/mol. The number of hydrogen-bond donors (Lipinski definition) is 0. The summed E-state index contributed by atoms with van der Waals surface area (Å²) in [5.74, 6) is 1.71. The van der Waals surface area contributed by atoms with Gasteiger partial charge in [-0.1, -0.05) is 0 Å². The second kappa shape index (κ2) is 11.7. The minimum Gasteiger partial charge on any atom is -1.00 e. The molecule has 0 spiro atoms. The van der Waals surface area contributed by atoms with Crippen molar-refractivity contribution < 1.29 is 48.0 Å². The van der Waals surface area contributed by atoms with Gasteiger partial charge in [-0.2, -0.15) is 0 Å². The molecule has 3 aliphatic carbocycles. The van der Waals surface area contributed by atoms with Crippen molar-refractivity contribution in [1.82, 2.24) is 0 Å². The van der Waals surface area contributed by atoms with E-state index < -0.39 is 23.2 Å². The summed E-state index contributed by atoms with van der Waals surface area (Å²) in [5.41, 5.74) is 3.26. The molecular weight excluding hydrogens is 481 g/mol. The van der Waals surface area contributed by atoms with Gasteiger partial charge in [0.15, 0.2) is 0 Å². The molecule has 4 heteroatoms. The van der Waals surface area contributed by atoms with Crippen LogP contribution in [0.25, 0.3) is 6.08 Å². The van der Waals surface area contributed by atoms with E-state index in [1.54, 1.807) is 11.1 Å². The average Bonchev–Trinajstić information content (AvgIpc) is 3.24. The molecule has 0 amide bonds. The first-order valence-electron chi connectivity index (χ1n) is 10.5. The van der Waals surface area contributed by atoms with Crippen molar-refractivity contribution in [3.8, 4) is 0 Å². The van der Waals surface area contributed by atoms with Crippen LogP contribution < -0.4 is 24.8 Å². The van der Waals surface area contributed by atoms with E-state index in [2.05, 4.69) is 68.5 Å². The van der Waals surface area contributed by atoms with Crippen molar-refractivity contribution in [3.63, 3.8) is 0 Å². The SMILES string of the molecule is CCCP(CCC)C1=Cc2ccccc2[CH]1[Zr+2][CH]1CCC2C=CC=CC21.[Cl-].[Cl-]. The molecule has 1 aromatic carbocycles. The van der Waals surface area contributed by atoms with Gasteiger partial charge in [0.25, 0.3) is 0 Å². The smallest absolute Gasteiger partial charge is 1.00 e. The fourth-order valence-electron chi connectivity index (χ4n) is 5.03.